The second kappa shape index (κ2) is 13.3. The molecular weight excluding hydrogens is 713 g/mol. The molecule has 0 N–H and O–H groups in total. The van der Waals surface area contributed by atoms with Crippen molar-refractivity contribution in [3.8, 4) is 27.9 Å². The summed E-state index contributed by atoms with van der Waals surface area (Å²) in [6.07, 6.45) is 5.36. The minimum absolute atomic E-state index is 0.0305. The van der Waals surface area contributed by atoms with E-state index in [0.717, 1.165) is 11.8 Å². The Morgan fingerprint density at radius 1 is 0.508 bits per heavy atom. The van der Waals surface area contributed by atoms with Crippen molar-refractivity contribution in [2.75, 3.05) is 4.90 Å². The third-order valence-electron chi connectivity index (χ3n) is 14.7. The normalized spacial score (nSPS) is 21.9. The van der Waals surface area contributed by atoms with Crippen molar-refractivity contribution >= 4 is 49.6 Å². The van der Waals surface area contributed by atoms with Crippen LogP contribution in [0.3, 0.4) is 0 Å². The monoisotopic (exact) mass is 760 g/mol. The van der Waals surface area contributed by atoms with E-state index in [2.05, 4.69) is 205 Å². The molecule has 1 aromatic heterocycles. The quantitative estimate of drug-likeness (QED) is 0.170. The minimum atomic E-state index is 0.0305. The number of hydrogen-bond acceptors (Lipinski definition) is 1. The molecule has 2 nitrogen and oxygen atoms in total. The van der Waals surface area contributed by atoms with Crippen LogP contribution in [0, 0.1) is 23.7 Å². The molecule has 2 fully saturated rings. The van der Waals surface area contributed by atoms with E-state index in [1.807, 2.05) is 0 Å². The molecule has 5 atom stereocenters. The summed E-state index contributed by atoms with van der Waals surface area (Å²) in [4.78, 5) is 2.56. The van der Waals surface area contributed by atoms with Gasteiger partial charge in [0.1, 0.15) is 0 Å². The van der Waals surface area contributed by atoms with Crippen LogP contribution in [0.1, 0.15) is 50.7 Å². The van der Waals surface area contributed by atoms with Gasteiger partial charge in [0, 0.05) is 38.5 Å². The molecule has 2 heteroatoms. The molecule has 0 radical (unpaired) electrons. The number of nitrogens with zero attached hydrogens (tertiary/aromatic N) is 2. The van der Waals surface area contributed by atoms with Crippen molar-refractivity contribution in [3.63, 3.8) is 0 Å². The Morgan fingerprint density at radius 3 is 1.97 bits per heavy atom. The summed E-state index contributed by atoms with van der Waals surface area (Å²) in [5.41, 5.74) is 15.6. The largest absolute Gasteiger partial charge is 0.309 e. The molecule has 1 unspecified atom stereocenters. The lowest BCUT2D eigenvalue weighted by Crippen LogP contribution is -2.49. The van der Waals surface area contributed by atoms with E-state index < -0.39 is 0 Å². The summed E-state index contributed by atoms with van der Waals surface area (Å²) >= 11 is 0. The molecule has 12 rings (SSSR count). The van der Waals surface area contributed by atoms with Gasteiger partial charge in [0.2, 0.25) is 0 Å². The second-order valence-electron chi connectivity index (χ2n) is 17.9. The van der Waals surface area contributed by atoms with Gasteiger partial charge in [0.15, 0.2) is 0 Å². The minimum Gasteiger partial charge on any atom is -0.309 e. The molecule has 0 saturated heterocycles. The van der Waals surface area contributed by atoms with Crippen LogP contribution in [0.15, 0.2) is 182 Å². The number of aromatic nitrogens is 1. The first-order valence-electron chi connectivity index (χ1n) is 21.8. The molecule has 2 saturated carbocycles. The van der Waals surface area contributed by atoms with Crippen LogP contribution in [-0.4, -0.2) is 4.57 Å². The molecule has 1 heterocycles. The van der Waals surface area contributed by atoms with E-state index in [1.165, 1.54) is 103 Å². The van der Waals surface area contributed by atoms with Crippen molar-refractivity contribution in [1.82, 2.24) is 4.57 Å². The summed E-state index contributed by atoms with van der Waals surface area (Å²) in [7, 11) is 0. The molecule has 3 aliphatic carbocycles. The summed E-state index contributed by atoms with van der Waals surface area (Å²) in [5.74, 6) is 2.86. The molecule has 1 spiro atoms. The van der Waals surface area contributed by atoms with Gasteiger partial charge in [-0.05, 0) is 131 Å². The van der Waals surface area contributed by atoms with Crippen LogP contribution >= 0.6 is 0 Å². The molecular formula is C57H48N2. The van der Waals surface area contributed by atoms with Gasteiger partial charge in [0.05, 0.1) is 22.4 Å². The molecule has 9 aromatic rings. The number of hydrogen-bond donors (Lipinski definition) is 0. The average Bonchev–Trinajstić information content (AvgIpc) is 3.78. The highest BCUT2D eigenvalue weighted by Crippen LogP contribution is 2.66. The Morgan fingerprint density at radius 2 is 1.15 bits per heavy atom. The number of benzene rings is 8. The van der Waals surface area contributed by atoms with Gasteiger partial charge in [-0.25, -0.2) is 0 Å². The maximum Gasteiger partial charge on any atom is 0.0543 e. The van der Waals surface area contributed by atoms with Gasteiger partial charge in [-0.15, -0.1) is 0 Å². The average molecular weight is 761 g/mol. The zero-order chi connectivity index (χ0) is 39.2. The first-order valence-corrected chi connectivity index (χ1v) is 21.8. The highest BCUT2D eigenvalue weighted by molar-refractivity contribution is 6.09. The van der Waals surface area contributed by atoms with Crippen LogP contribution in [0.25, 0.3) is 60.5 Å². The van der Waals surface area contributed by atoms with E-state index in [4.69, 9.17) is 0 Å². The zero-order valence-electron chi connectivity index (χ0n) is 33.9. The maximum absolute atomic E-state index is 2.57. The van der Waals surface area contributed by atoms with Gasteiger partial charge in [0.25, 0.3) is 0 Å². The fourth-order valence-corrected chi connectivity index (χ4v) is 12.6. The third-order valence-corrected chi connectivity index (χ3v) is 14.7. The van der Waals surface area contributed by atoms with Gasteiger partial charge in [-0.1, -0.05) is 147 Å². The van der Waals surface area contributed by atoms with Crippen molar-refractivity contribution in [3.05, 3.63) is 193 Å². The Kier molecular flexibility index (Phi) is 7.83. The fraction of sp³-hybridized carbons (Fsp3) is 0.193. The third kappa shape index (κ3) is 5.12. The lowest BCUT2D eigenvalue weighted by atomic mass is 9.49. The Balaban J connectivity index is 1.02. The predicted molar refractivity (Wildman–Crippen MR) is 248 cm³/mol. The van der Waals surface area contributed by atoms with Gasteiger partial charge < -0.3 is 9.47 Å². The van der Waals surface area contributed by atoms with Gasteiger partial charge in [-0.2, -0.15) is 0 Å². The predicted octanol–water partition coefficient (Wildman–Crippen LogP) is 15.4. The van der Waals surface area contributed by atoms with Crippen LogP contribution in [0.5, 0.6) is 0 Å². The first kappa shape index (κ1) is 34.6. The lowest BCUT2D eigenvalue weighted by molar-refractivity contribution is 0.0426. The van der Waals surface area contributed by atoms with Crippen LogP contribution < -0.4 is 4.90 Å². The van der Waals surface area contributed by atoms with Crippen molar-refractivity contribution in [2.24, 2.45) is 23.7 Å². The molecule has 8 aromatic carbocycles. The summed E-state index contributed by atoms with van der Waals surface area (Å²) in [6, 6.07) is 68.3. The number of rotatable bonds is 5. The van der Waals surface area contributed by atoms with Gasteiger partial charge in [-0.3, -0.25) is 0 Å². The number of anilines is 3. The topological polar surface area (TPSA) is 8.17 Å². The molecule has 286 valence electrons. The van der Waals surface area contributed by atoms with E-state index >= 15 is 0 Å². The van der Waals surface area contributed by atoms with Gasteiger partial charge >= 0.3 is 0 Å². The summed E-state index contributed by atoms with van der Waals surface area (Å²) in [5, 5.41) is 5.07. The van der Waals surface area contributed by atoms with Crippen LogP contribution in [0.2, 0.25) is 0 Å². The highest BCUT2D eigenvalue weighted by Gasteiger charge is 2.57. The van der Waals surface area contributed by atoms with E-state index in [-0.39, 0.29) is 5.41 Å². The summed E-state index contributed by atoms with van der Waals surface area (Å²) in [6.45, 7) is 5.08. The van der Waals surface area contributed by atoms with Crippen molar-refractivity contribution in [1.29, 1.82) is 0 Å². The van der Waals surface area contributed by atoms with E-state index in [0.29, 0.717) is 11.8 Å². The maximum atomic E-state index is 2.57. The molecule has 0 amide bonds. The molecule has 2 bridgehead atoms. The molecule has 3 aliphatic rings. The first-order chi connectivity index (χ1) is 29.1. The second-order valence-corrected chi connectivity index (χ2v) is 17.9. The number of para-hydroxylation sites is 2. The van der Waals surface area contributed by atoms with E-state index in [1.54, 1.807) is 11.1 Å². The Hall–Kier alpha value is -6.38. The van der Waals surface area contributed by atoms with Crippen molar-refractivity contribution < 1.29 is 0 Å². The molecule has 0 aliphatic heterocycles. The SMILES string of the molecule is C[C@H]1C[C@@H]2C[C@H](C1)C1(c3ccccc3-c3c(N(c4ccc(-c5cccc(-n6c7ccccc7c7ccccc76)c5)cc4)c4cccc5ccccc45)cccc31)[C@H](C)C2. The summed E-state index contributed by atoms with van der Waals surface area (Å²) < 4.78 is 2.41. The lowest BCUT2D eigenvalue weighted by Gasteiger charge is -2.54. The van der Waals surface area contributed by atoms with Crippen LogP contribution in [0.4, 0.5) is 17.1 Å². The Labute approximate surface area is 347 Å². The molecule has 59 heavy (non-hydrogen) atoms. The standard InChI is InChI=1S/C57H48N2/c1-37-32-39-34-38(2)57(43(33-37)35-39)50-22-8-5-21-49(50)56-51(57)23-13-27-55(56)58(52-26-12-15-41-14-3-4-18-46(41)52)44-30-28-40(29-31-44)42-16-11-17-45(36-42)59-53-24-9-6-19-47(53)48-20-7-10-25-54(48)59/h3-31,36-39,43H,32-35H2,1-2H3/t37-,38+,39-,43-,57?/m0/s1. The van der Waals surface area contributed by atoms with Crippen LogP contribution in [-0.2, 0) is 5.41 Å². The smallest absolute Gasteiger partial charge is 0.0543 e. The highest BCUT2D eigenvalue weighted by atomic mass is 15.1. The Bertz CT molecular complexity index is 3020. The van der Waals surface area contributed by atoms with Crippen molar-refractivity contribution in [2.45, 2.75) is 44.9 Å². The number of fused-ring (bicyclic) bond motifs is 12. The fourth-order valence-electron chi connectivity index (χ4n) is 12.6. The zero-order valence-corrected chi connectivity index (χ0v) is 33.9. The van der Waals surface area contributed by atoms with E-state index in [9.17, 15) is 0 Å².